The van der Waals surface area contributed by atoms with Crippen LogP contribution in [0.3, 0.4) is 0 Å². The van der Waals surface area contributed by atoms with Crippen LogP contribution in [0, 0.1) is 0 Å². The number of nitrogens with zero attached hydrogens (tertiary/aromatic N) is 3. The number of aliphatic hydroxyl groups is 2. The van der Waals surface area contributed by atoms with E-state index in [9.17, 15) is 24.4 Å². The molecule has 0 bridgehead atoms. The van der Waals surface area contributed by atoms with Gasteiger partial charge in [0.05, 0.1) is 13.2 Å². The van der Waals surface area contributed by atoms with E-state index in [0.29, 0.717) is 12.8 Å². The molecule has 0 heterocycles. The lowest BCUT2D eigenvalue weighted by atomic mass is 9.96. The van der Waals surface area contributed by atoms with Crippen molar-refractivity contribution < 1.29 is 43.4 Å². The number of rotatable bonds is 40. The number of unbranched alkanes of at least 4 members (excludes halogenated alkanes) is 28. The molecular formula is C41H83N4O9P. The summed E-state index contributed by atoms with van der Waals surface area (Å²) in [5.74, 6) is -1.35. The van der Waals surface area contributed by atoms with Gasteiger partial charge in [-0.05, 0) is 23.5 Å². The maximum Gasteiger partial charge on any atom is 0.469 e. The third kappa shape index (κ3) is 36.5. The zero-order valence-electron chi connectivity index (χ0n) is 35.0. The second-order valence-corrected chi connectivity index (χ2v) is 16.2. The largest absolute Gasteiger partial charge is 0.469 e. The Morgan fingerprint density at radius 3 is 1.25 bits per heavy atom. The van der Waals surface area contributed by atoms with Crippen LogP contribution in [-0.4, -0.2) is 63.3 Å². The molecule has 13 nitrogen and oxygen atoms in total. The molecule has 0 saturated heterocycles. The number of Topliss-reactive ketones (excluding diaryl/α,β-unsaturated/α-hetero) is 1. The average Bonchev–Trinajstić information content (AvgIpc) is 3.16. The number of azide groups is 1. The van der Waals surface area contributed by atoms with E-state index in [1.807, 2.05) is 0 Å². The van der Waals surface area contributed by atoms with Crippen molar-refractivity contribution in [2.45, 2.75) is 231 Å². The van der Waals surface area contributed by atoms with Crippen molar-refractivity contribution in [1.29, 1.82) is 0 Å². The Kier molecular flexibility index (Phi) is 41.0. The van der Waals surface area contributed by atoms with Gasteiger partial charge in [0.25, 0.3) is 5.72 Å². The molecule has 0 fully saturated rings. The van der Waals surface area contributed by atoms with E-state index < -0.39 is 38.0 Å². The third-order valence-corrected chi connectivity index (χ3v) is 10.4. The topological polar surface area (TPSA) is 225 Å². The first-order valence-corrected chi connectivity index (χ1v) is 23.6. The molecular weight excluding hydrogens is 723 g/mol. The van der Waals surface area contributed by atoms with Crippen LogP contribution in [0.2, 0.25) is 0 Å². The highest BCUT2D eigenvalue weighted by Gasteiger charge is 2.47. The Labute approximate surface area is 334 Å². The SMILES string of the molecule is CCCCCCCCCCCCCCCCCC(=O)OC(N=[N+]=[N-])(C(=O)CCCCCCCCCCCCCCCCC)C(O)CO.NCCOP(=O)(O)O. The fourth-order valence-corrected chi connectivity index (χ4v) is 6.86. The van der Waals surface area contributed by atoms with Crippen molar-refractivity contribution in [2.24, 2.45) is 10.8 Å². The predicted octanol–water partition coefficient (Wildman–Crippen LogP) is 11.0. The monoisotopic (exact) mass is 807 g/mol. The number of hydrogen-bond donors (Lipinski definition) is 5. The van der Waals surface area contributed by atoms with Crippen LogP contribution < -0.4 is 5.73 Å². The van der Waals surface area contributed by atoms with Gasteiger partial charge in [-0.25, -0.2) is 4.57 Å². The summed E-state index contributed by atoms with van der Waals surface area (Å²) in [5, 5.41) is 23.5. The van der Waals surface area contributed by atoms with Gasteiger partial charge in [-0.2, -0.15) is 0 Å². The van der Waals surface area contributed by atoms with E-state index in [4.69, 9.17) is 25.8 Å². The van der Waals surface area contributed by atoms with Gasteiger partial charge in [-0.15, -0.1) is 0 Å². The van der Waals surface area contributed by atoms with E-state index in [0.717, 1.165) is 38.5 Å². The van der Waals surface area contributed by atoms with E-state index >= 15 is 0 Å². The Balaban J connectivity index is 0. The molecule has 0 aromatic carbocycles. The molecule has 6 N–H and O–H groups in total. The molecule has 55 heavy (non-hydrogen) atoms. The number of phosphoric acid groups is 1. The van der Waals surface area contributed by atoms with E-state index in [2.05, 4.69) is 28.4 Å². The predicted molar refractivity (Wildman–Crippen MR) is 222 cm³/mol. The van der Waals surface area contributed by atoms with Gasteiger partial charge in [0, 0.05) is 24.3 Å². The van der Waals surface area contributed by atoms with Crippen LogP contribution in [0.4, 0.5) is 0 Å². The summed E-state index contributed by atoms with van der Waals surface area (Å²) in [6, 6.07) is 0. The van der Waals surface area contributed by atoms with Crippen molar-refractivity contribution in [1.82, 2.24) is 0 Å². The van der Waals surface area contributed by atoms with E-state index in [-0.39, 0.29) is 26.0 Å². The summed E-state index contributed by atoms with van der Waals surface area (Å²) in [7, 11) is -4.26. The summed E-state index contributed by atoms with van der Waals surface area (Å²) < 4.78 is 19.1. The normalized spacial score (nSPS) is 13.0. The molecule has 2 unspecified atom stereocenters. The van der Waals surface area contributed by atoms with Gasteiger partial charge in [0.2, 0.25) is 0 Å². The molecule has 0 radical (unpaired) electrons. The Morgan fingerprint density at radius 2 is 0.982 bits per heavy atom. The Hall–Kier alpha value is -1.56. The fraction of sp³-hybridized carbons (Fsp3) is 0.951. The van der Waals surface area contributed by atoms with Crippen LogP contribution >= 0.6 is 7.82 Å². The molecule has 0 aromatic rings. The molecule has 0 amide bonds. The first kappa shape index (κ1) is 55.5. The number of aliphatic hydroxyl groups excluding tert-OH is 2. The average molecular weight is 807 g/mol. The Morgan fingerprint density at radius 1 is 0.655 bits per heavy atom. The number of esters is 1. The van der Waals surface area contributed by atoms with Gasteiger partial charge in [0.1, 0.15) is 6.10 Å². The molecule has 0 spiro atoms. The molecule has 14 heteroatoms. The minimum Gasteiger partial charge on any atom is -0.442 e. The van der Waals surface area contributed by atoms with Gasteiger partial charge in [-0.3, -0.25) is 14.1 Å². The van der Waals surface area contributed by atoms with Gasteiger partial charge in [0.15, 0.2) is 5.78 Å². The quantitative estimate of drug-likeness (QED) is 0.00983. The van der Waals surface area contributed by atoms with Crippen LogP contribution in [0.1, 0.15) is 219 Å². The minimum atomic E-state index is -4.26. The summed E-state index contributed by atoms with van der Waals surface area (Å²) >= 11 is 0. The summed E-state index contributed by atoms with van der Waals surface area (Å²) in [6.07, 6.45) is 34.5. The van der Waals surface area contributed by atoms with Crippen molar-refractivity contribution in [3.8, 4) is 0 Å². The van der Waals surface area contributed by atoms with Gasteiger partial charge in [-0.1, -0.05) is 194 Å². The molecule has 0 aliphatic carbocycles. The van der Waals surface area contributed by atoms with Crippen molar-refractivity contribution in [3.05, 3.63) is 10.4 Å². The van der Waals surface area contributed by atoms with Gasteiger partial charge < -0.3 is 30.5 Å². The van der Waals surface area contributed by atoms with Crippen molar-refractivity contribution in [2.75, 3.05) is 19.8 Å². The maximum absolute atomic E-state index is 13.1. The number of carbonyl (C=O) groups is 2. The highest BCUT2D eigenvalue weighted by molar-refractivity contribution is 7.46. The van der Waals surface area contributed by atoms with Crippen molar-refractivity contribution in [3.63, 3.8) is 0 Å². The third-order valence-electron chi connectivity index (χ3n) is 9.86. The lowest BCUT2D eigenvalue weighted by Gasteiger charge is -2.31. The zero-order valence-corrected chi connectivity index (χ0v) is 35.9. The zero-order chi connectivity index (χ0) is 41.3. The highest BCUT2D eigenvalue weighted by Crippen LogP contribution is 2.35. The number of ether oxygens (including phenoxy) is 1. The second kappa shape index (κ2) is 40.6. The highest BCUT2D eigenvalue weighted by atomic mass is 31.2. The van der Waals surface area contributed by atoms with E-state index in [1.54, 1.807) is 0 Å². The summed E-state index contributed by atoms with van der Waals surface area (Å²) in [5.41, 5.74) is 11.6. The van der Waals surface area contributed by atoms with Crippen LogP contribution in [0.25, 0.3) is 10.4 Å². The number of nitrogens with two attached hydrogens (primary N) is 1. The summed E-state index contributed by atoms with van der Waals surface area (Å²) in [6.45, 7) is 3.66. The maximum atomic E-state index is 13.1. The lowest BCUT2D eigenvalue weighted by molar-refractivity contribution is -0.183. The molecule has 2 atom stereocenters. The molecule has 326 valence electrons. The van der Waals surface area contributed by atoms with Crippen LogP contribution in [0.15, 0.2) is 5.11 Å². The number of hydrogen-bond acceptors (Lipinski definition) is 9. The molecule has 0 rings (SSSR count). The molecule has 0 aliphatic rings. The standard InChI is InChI=1S/C39H75N3O5.C2H8NO4P/c1-3-5-7-9-11-13-15-17-19-21-23-25-27-29-31-33-36(44)39(41-42-40,37(45)35-43)47-38(46)34-32-30-28-26-24-22-20-18-16-14-12-10-8-6-4-2;3-1-2-7-8(4,5)6/h37,43,45H,3-35H2,1-2H3;1-3H2,(H2,4,5,6). The summed E-state index contributed by atoms with van der Waals surface area (Å²) in [4.78, 5) is 44.4. The minimum absolute atomic E-state index is 0.0145. The number of carbonyl (C=O) groups excluding carboxylic acids is 2. The number of ketones is 1. The Bertz CT molecular complexity index is 981. The molecule has 0 aromatic heterocycles. The smallest absolute Gasteiger partial charge is 0.442 e. The first-order chi connectivity index (χ1) is 26.5. The first-order valence-electron chi connectivity index (χ1n) is 22.0. The second-order valence-electron chi connectivity index (χ2n) is 15.0. The van der Waals surface area contributed by atoms with Gasteiger partial charge >= 0.3 is 13.8 Å². The molecule has 0 saturated carbocycles. The number of phosphoric ester groups is 1. The lowest BCUT2D eigenvalue weighted by Crippen LogP contribution is -2.52. The van der Waals surface area contributed by atoms with E-state index in [1.165, 1.54) is 141 Å². The molecule has 0 aliphatic heterocycles. The van der Waals surface area contributed by atoms with Crippen LogP contribution in [0.5, 0.6) is 0 Å². The van der Waals surface area contributed by atoms with Crippen molar-refractivity contribution >= 4 is 19.6 Å². The van der Waals surface area contributed by atoms with Crippen LogP contribution in [-0.2, 0) is 23.4 Å². The fourth-order valence-electron chi connectivity index (χ4n) is 6.52.